The van der Waals surface area contributed by atoms with Crippen molar-refractivity contribution in [3.63, 3.8) is 0 Å². The molecule has 23 heavy (non-hydrogen) atoms. The maximum Gasteiger partial charge on any atom is 0.242 e. The van der Waals surface area contributed by atoms with Gasteiger partial charge >= 0.3 is 0 Å². The monoisotopic (exact) mass is 315 g/mol. The first-order valence-corrected chi connectivity index (χ1v) is 7.78. The van der Waals surface area contributed by atoms with Gasteiger partial charge in [-0.05, 0) is 26.0 Å². The SMILES string of the molecule is Cc1cc(NC(=O)[C@H](C)N2CCN(c3ccccn3)CC2)no1. The van der Waals surface area contributed by atoms with Gasteiger partial charge in [-0.3, -0.25) is 9.69 Å². The van der Waals surface area contributed by atoms with Crippen LogP contribution in [0.5, 0.6) is 0 Å². The molecule has 1 saturated heterocycles. The van der Waals surface area contributed by atoms with Crippen LogP contribution in [0.2, 0.25) is 0 Å². The number of hydrogen-bond acceptors (Lipinski definition) is 6. The van der Waals surface area contributed by atoms with Crippen molar-refractivity contribution in [1.29, 1.82) is 0 Å². The summed E-state index contributed by atoms with van der Waals surface area (Å²) >= 11 is 0. The number of aromatic nitrogens is 2. The second-order valence-corrected chi connectivity index (χ2v) is 5.70. The molecular formula is C16H21N5O2. The number of hydrogen-bond donors (Lipinski definition) is 1. The topological polar surface area (TPSA) is 74.5 Å². The largest absolute Gasteiger partial charge is 0.360 e. The van der Waals surface area contributed by atoms with E-state index >= 15 is 0 Å². The van der Waals surface area contributed by atoms with E-state index in [1.54, 1.807) is 19.2 Å². The summed E-state index contributed by atoms with van der Waals surface area (Å²) in [6, 6.07) is 7.42. The number of nitrogens with zero attached hydrogens (tertiary/aromatic N) is 4. The molecule has 0 unspecified atom stereocenters. The van der Waals surface area contributed by atoms with Crippen molar-refractivity contribution in [2.45, 2.75) is 19.9 Å². The molecule has 0 aliphatic carbocycles. The molecule has 7 nitrogen and oxygen atoms in total. The number of carbonyl (C=O) groups excluding carboxylic acids is 1. The molecule has 1 amide bonds. The predicted octanol–water partition coefficient (Wildman–Crippen LogP) is 1.53. The van der Waals surface area contributed by atoms with E-state index in [1.807, 2.05) is 25.1 Å². The Labute approximate surface area is 135 Å². The number of anilines is 2. The molecule has 3 rings (SSSR count). The van der Waals surface area contributed by atoms with Crippen molar-refractivity contribution >= 4 is 17.5 Å². The number of piperazine rings is 1. The Morgan fingerprint density at radius 2 is 2.09 bits per heavy atom. The molecule has 1 aliphatic rings. The Morgan fingerprint density at radius 3 is 2.70 bits per heavy atom. The summed E-state index contributed by atoms with van der Waals surface area (Å²) in [5.41, 5.74) is 0. The highest BCUT2D eigenvalue weighted by Gasteiger charge is 2.26. The molecule has 0 aromatic carbocycles. The average Bonchev–Trinajstić information content (AvgIpc) is 3.00. The third kappa shape index (κ3) is 3.68. The summed E-state index contributed by atoms with van der Waals surface area (Å²) in [5, 5.41) is 6.58. The Kier molecular flexibility index (Phi) is 4.57. The summed E-state index contributed by atoms with van der Waals surface area (Å²) in [7, 11) is 0. The molecule has 3 heterocycles. The quantitative estimate of drug-likeness (QED) is 0.922. The average molecular weight is 315 g/mol. The minimum Gasteiger partial charge on any atom is -0.360 e. The lowest BCUT2D eigenvalue weighted by Crippen LogP contribution is -2.53. The van der Waals surface area contributed by atoms with Gasteiger partial charge < -0.3 is 14.7 Å². The Hall–Kier alpha value is -2.41. The summed E-state index contributed by atoms with van der Waals surface area (Å²) in [4.78, 5) is 21.1. The normalized spacial score (nSPS) is 17.0. The maximum atomic E-state index is 12.3. The van der Waals surface area contributed by atoms with Crippen LogP contribution in [0.25, 0.3) is 0 Å². The molecule has 122 valence electrons. The summed E-state index contributed by atoms with van der Waals surface area (Å²) in [6.45, 7) is 7.07. The predicted molar refractivity (Wildman–Crippen MR) is 87.4 cm³/mol. The van der Waals surface area contributed by atoms with Gasteiger partial charge in [0.25, 0.3) is 0 Å². The molecule has 2 aromatic heterocycles. The molecule has 1 fully saturated rings. The van der Waals surface area contributed by atoms with Crippen molar-refractivity contribution < 1.29 is 9.32 Å². The zero-order valence-corrected chi connectivity index (χ0v) is 13.4. The lowest BCUT2D eigenvalue weighted by atomic mass is 10.2. The maximum absolute atomic E-state index is 12.3. The zero-order valence-electron chi connectivity index (χ0n) is 13.4. The Bertz CT molecular complexity index is 650. The summed E-state index contributed by atoms with van der Waals surface area (Å²) < 4.78 is 4.96. The number of nitrogens with one attached hydrogen (secondary N) is 1. The number of aryl methyl sites for hydroxylation is 1. The highest BCUT2D eigenvalue weighted by Crippen LogP contribution is 2.15. The fourth-order valence-corrected chi connectivity index (χ4v) is 2.70. The van der Waals surface area contributed by atoms with Gasteiger partial charge in [-0.15, -0.1) is 0 Å². The smallest absolute Gasteiger partial charge is 0.242 e. The number of amides is 1. The van der Waals surface area contributed by atoms with Gasteiger partial charge in [0.15, 0.2) is 5.82 Å². The van der Waals surface area contributed by atoms with Crippen LogP contribution in [-0.4, -0.2) is 53.2 Å². The van der Waals surface area contributed by atoms with Gasteiger partial charge in [-0.2, -0.15) is 0 Å². The van der Waals surface area contributed by atoms with E-state index in [9.17, 15) is 4.79 Å². The van der Waals surface area contributed by atoms with Crippen molar-refractivity contribution in [2.24, 2.45) is 0 Å². The zero-order chi connectivity index (χ0) is 16.2. The molecule has 1 N–H and O–H groups in total. The molecule has 0 spiro atoms. The molecule has 0 bridgehead atoms. The van der Waals surface area contributed by atoms with Gasteiger partial charge in [0.2, 0.25) is 5.91 Å². The lowest BCUT2D eigenvalue weighted by Gasteiger charge is -2.37. The van der Waals surface area contributed by atoms with E-state index < -0.39 is 0 Å². The van der Waals surface area contributed by atoms with E-state index in [2.05, 4.69) is 25.3 Å². The van der Waals surface area contributed by atoms with Crippen molar-refractivity contribution in [2.75, 3.05) is 36.4 Å². The molecule has 0 saturated carbocycles. The van der Waals surface area contributed by atoms with Gasteiger partial charge in [-0.25, -0.2) is 4.98 Å². The first-order chi connectivity index (χ1) is 11.1. The number of pyridine rings is 1. The minimum absolute atomic E-state index is 0.0652. The highest BCUT2D eigenvalue weighted by atomic mass is 16.5. The third-order valence-corrected chi connectivity index (χ3v) is 4.09. The molecule has 2 aromatic rings. The summed E-state index contributed by atoms with van der Waals surface area (Å²) in [6.07, 6.45) is 1.80. The van der Waals surface area contributed by atoms with Crippen LogP contribution >= 0.6 is 0 Å². The van der Waals surface area contributed by atoms with E-state index in [0.29, 0.717) is 11.6 Å². The van der Waals surface area contributed by atoms with E-state index in [-0.39, 0.29) is 11.9 Å². The van der Waals surface area contributed by atoms with Gasteiger partial charge in [-0.1, -0.05) is 11.2 Å². The number of rotatable bonds is 4. The van der Waals surface area contributed by atoms with Crippen LogP contribution in [0, 0.1) is 6.92 Å². The lowest BCUT2D eigenvalue weighted by molar-refractivity contribution is -0.120. The molecule has 1 atom stereocenters. The van der Waals surface area contributed by atoms with Gasteiger partial charge in [0.05, 0.1) is 6.04 Å². The molecular weight excluding hydrogens is 294 g/mol. The fourth-order valence-electron chi connectivity index (χ4n) is 2.70. The third-order valence-electron chi connectivity index (χ3n) is 4.09. The van der Waals surface area contributed by atoms with Gasteiger partial charge in [0, 0.05) is 38.4 Å². The Morgan fingerprint density at radius 1 is 1.30 bits per heavy atom. The van der Waals surface area contributed by atoms with Crippen molar-refractivity contribution in [3.05, 3.63) is 36.2 Å². The Balaban J connectivity index is 1.53. The molecule has 7 heteroatoms. The second-order valence-electron chi connectivity index (χ2n) is 5.70. The van der Waals surface area contributed by atoms with Crippen LogP contribution in [0.1, 0.15) is 12.7 Å². The first-order valence-electron chi connectivity index (χ1n) is 7.78. The first kappa shape index (κ1) is 15.5. The van der Waals surface area contributed by atoms with Crippen LogP contribution in [0.15, 0.2) is 35.0 Å². The fraction of sp³-hybridized carbons (Fsp3) is 0.438. The molecule has 1 aliphatic heterocycles. The molecule has 0 radical (unpaired) electrons. The highest BCUT2D eigenvalue weighted by molar-refractivity contribution is 5.93. The van der Waals surface area contributed by atoms with Crippen LogP contribution in [0.4, 0.5) is 11.6 Å². The number of carbonyl (C=O) groups is 1. The second kappa shape index (κ2) is 6.78. The van der Waals surface area contributed by atoms with E-state index in [4.69, 9.17) is 4.52 Å². The van der Waals surface area contributed by atoms with Gasteiger partial charge in [0.1, 0.15) is 11.6 Å². The standard InChI is InChI=1S/C16H21N5O2/c1-12-11-14(19-23-12)18-16(22)13(2)20-7-9-21(10-8-20)15-5-3-4-6-17-15/h3-6,11,13H,7-10H2,1-2H3,(H,18,19,22)/t13-/m0/s1. The minimum atomic E-state index is -0.210. The van der Waals surface area contributed by atoms with E-state index in [0.717, 1.165) is 32.0 Å². The van der Waals surface area contributed by atoms with E-state index in [1.165, 1.54) is 0 Å². The van der Waals surface area contributed by atoms with Crippen LogP contribution < -0.4 is 10.2 Å². The van der Waals surface area contributed by atoms with Crippen molar-refractivity contribution in [1.82, 2.24) is 15.0 Å². The van der Waals surface area contributed by atoms with Crippen LogP contribution in [0.3, 0.4) is 0 Å². The summed E-state index contributed by atoms with van der Waals surface area (Å²) in [5.74, 6) is 2.07. The van der Waals surface area contributed by atoms with Crippen LogP contribution in [-0.2, 0) is 4.79 Å². The van der Waals surface area contributed by atoms with Crippen molar-refractivity contribution in [3.8, 4) is 0 Å².